The Balaban J connectivity index is 1.27. The predicted octanol–water partition coefficient (Wildman–Crippen LogP) is 2.62. The van der Waals surface area contributed by atoms with E-state index in [9.17, 15) is 13.6 Å². The molecule has 0 spiro atoms. The van der Waals surface area contributed by atoms with Crippen LogP contribution in [0.15, 0.2) is 52.7 Å². The average Bonchev–Trinajstić information content (AvgIpc) is 3.33. The molecule has 2 aromatic carbocycles. The minimum atomic E-state index is -0.325. The number of carbonyl (C=O) groups excluding carboxylic acids is 1. The molecule has 1 saturated heterocycles. The quantitative estimate of drug-likeness (QED) is 0.361. The number of piperazine rings is 1. The van der Waals surface area contributed by atoms with Crippen molar-refractivity contribution in [2.45, 2.75) is 19.4 Å². The fourth-order valence-electron chi connectivity index (χ4n) is 3.84. The fraction of sp³-hybridized carbons (Fsp3) is 0.333. The summed E-state index contributed by atoms with van der Waals surface area (Å²) in [5.74, 6) is -0.761. The molecular weight excluding hydrogens is 474 g/mol. The highest BCUT2D eigenvalue weighted by Gasteiger charge is 2.25. The summed E-state index contributed by atoms with van der Waals surface area (Å²) in [7, 11) is 0. The molecular formula is C24H26F2N6O2S. The molecule has 184 valence electrons. The van der Waals surface area contributed by atoms with Crippen molar-refractivity contribution in [3.63, 3.8) is 0 Å². The van der Waals surface area contributed by atoms with Crippen LogP contribution in [0.3, 0.4) is 0 Å². The third kappa shape index (κ3) is 6.50. The van der Waals surface area contributed by atoms with Crippen LogP contribution in [0.5, 0.6) is 0 Å². The molecule has 1 unspecified atom stereocenters. The van der Waals surface area contributed by atoms with Crippen LogP contribution in [-0.4, -0.2) is 66.7 Å². The summed E-state index contributed by atoms with van der Waals surface area (Å²) in [6.07, 6.45) is 1.83. The van der Waals surface area contributed by atoms with Crippen LogP contribution in [0.2, 0.25) is 0 Å². The summed E-state index contributed by atoms with van der Waals surface area (Å²) >= 11 is 5.41. The van der Waals surface area contributed by atoms with Gasteiger partial charge in [-0.3, -0.25) is 10.2 Å². The van der Waals surface area contributed by atoms with Crippen LogP contribution in [0.1, 0.15) is 24.5 Å². The first kappa shape index (κ1) is 24.5. The SMILES string of the molecule is CC(=O)NCC1CC(c2ccc(N3CCN(C(=S)N/N=C/c4ccc(F)cc4)CC3)c(F)c2)=NO1. The zero-order valence-corrected chi connectivity index (χ0v) is 20.0. The second kappa shape index (κ2) is 11.2. The molecule has 1 atom stereocenters. The molecule has 1 amide bonds. The molecule has 2 aliphatic heterocycles. The van der Waals surface area contributed by atoms with E-state index < -0.39 is 0 Å². The summed E-state index contributed by atoms with van der Waals surface area (Å²) in [5.41, 5.74) is 5.44. The lowest BCUT2D eigenvalue weighted by Crippen LogP contribution is -2.51. The summed E-state index contributed by atoms with van der Waals surface area (Å²) in [6.45, 7) is 4.24. The maximum absolute atomic E-state index is 15.0. The number of rotatable bonds is 6. The number of carbonyl (C=O) groups is 1. The predicted molar refractivity (Wildman–Crippen MR) is 135 cm³/mol. The number of hydrogen-bond acceptors (Lipinski definition) is 6. The van der Waals surface area contributed by atoms with Crippen molar-refractivity contribution in [2.75, 3.05) is 37.6 Å². The first-order valence-corrected chi connectivity index (χ1v) is 11.7. The van der Waals surface area contributed by atoms with Gasteiger partial charge < -0.3 is 20.0 Å². The van der Waals surface area contributed by atoms with Gasteiger partial charge in [0.2, 0.25) is 5.91 Å². The first-order valence-electron chi connectivity index (χ1n) is 11.2. The van der Waals surface area contributed by atoms with E-state index in [2.05, 4.69) is 21.0 Å². The Morgan fingerprint density at radius 1 is 1.20 bits per heavy atom. The summed E-state index contributed by atoms with van der Waals surface area (Å²) in [6, 6.07) is 11.0. The smallest absolute Gasteiger partial charge is 0.217 e. The van der Waals surface area contributed by atoms with Gasteiger partial charge in [-0.15, -0.1) is 0 Å². The molecule has 2 aromatic rings. The van der Waals surface area contributed by atoms with Gasteiger partial charge in [-0.25, -0.2) is 8.78 Å². The molecule has 1 fully saturated rings. The van der Waals surface area contributed by atoms with Crippen LogP contribution in [0, 0.1) is 11.6 Å². The van der Waals surface area contributed by atoms with Crippen molar-refractivity contribution in [3.8, 4) is 0 Å². The van der Waals surface area contributed by atoms with E-state index in [1.54, 1.807) is 24.4 Å². The number of thiocarbonyl (C=S) groups is 1. The van der Waals surface area contributed by atoms with E-state index in [1.807, 2.05) is 15.9 Å². The molecule has 35 heavy (non-hydrogen) atoms. The minimum absolute atomic E-state index is 0.133. The van der Waals surface area contributed by atoms with Crippen molar-refractivity contribution in [3.05, 3.63) is 65.2 Å². The highest BCUT2D eigenvalue weighted by Crippen LogP contribution is 2.25. The standard InChI is InChI=1S/C24H26F2N6O2S/c1-16(33)27-15-20-13-22(30-34-20)18-4-7-23(21(26)12-18)31-8-10-32(11-9-31)24(35)29-28-14-17-2-5-19(25)6-3-17/h2-7,12,14,20H,8-11,13,15H2,1H3,(H,27,33)(H,29,35)/b28-14+. The number of oxime groups is 1. The zero-order chi connectivity index (χ0) is 24.8. The van der Waals surface area contributed by atoms with Gasteiger partial charge >= 0.3 is 0 Å². The third-order valence-corrected chi connectivity index (χ3v) is 6.09. The second-order valence-electron chi connectivity index (χ2n) is 8.27. The highest BCUT2D eigenvalue weighted by atomic mass is 32.1. The molecule has 0 aromatic heterocycles. The third-order valence-electron chi connectivity index (χ3n) is 5.74. The van der Waals surface area contributed by atoms with Crippen LogP contribution in [-0.2, 0) is 9.63 Å². The molecule has 0 saturated carbocycles. The van der Waals surface area contributed by atoms with Crippen molar-refractivity contribution in [1.82, 2.24) is 15.6 Å². The van der Waals surface area contributed by atoms with Crippen molar-refractivity contribution >= 4 is 40.9 Å². The minimum Gasteiger partial charge on any atom is -0.390 e. The van der Waals surface area contributed by atoms with E-state index >= 15 is 0 Å². The lowest BCUT2D eigenvalue weighted by atomic mass is 10.0. The number of amides is 1. The van der Waals surface area contributed by atoms with Crippen molar-refractivity contribution in [1.29, 1.82) is 0 Å². The van der Waals surface area contributed by atoms with Crippen LogP contribution < -0.4 is 15.6 Å². The Bertz CT molecular complexity index is 1130. The number of hydrogen-bond donors (Lipinski definition) is 2. The van der Waals surface area contributed by atoms with Gasteiger partial charge in [0.15, 0.2) is 5.11 Å². The lowest BCUT2D eigenvalue weighted by Gasteiger charge is -2.37. The molecule has 2 heterocycles. The highest BCUT2D eigenvalue weighted by molar-refractivity contribution is 7.80. The molecule has 2 N–H and O–H groups in total. The fourth-order valence-corrected chi connectivity index (χ4v) is 4.08. The number of anilines is 1. The zero-order valence-electron chi connectivity index (χ0n) is 19.2. The molecule has 4 rings (SSSR count). The summed E-state index contributed by atoms with van der Waals surface area (Å²) in [5, 5.41) is 11.3. The van der Waals surface area contributed by atoms with Crippen LogP contribution in [0.4, 0.5) is 14.5 Å². The Kier molecular flexibility index (Phi) is 7.86. The van der Waals surface area contributed by atoms with Crippen LogP contribution >= 0.6 is 12.2 Å². The lowest BCUT2D eigenvalue weighted by molar-refractivity contribution is -0.119. The van der Waals surface area contributed by atoms with Gasteiger partial charge in [-0.2, -0.15) is 5.10 Å². The second-order valence-corrected chi connectivity index (χ2v) is 8.66. The number of nitrogens with zero attached hydrogens (tertiary/aromatic N) is 4. The van der Waals surface area contributed by atoms with Gasteiger partial charge in [0, 0.05) is 45.1 Å². The normalized spacial score (nSPS) is 17.8. The Morgan fingerprint density at radius 3 is 2.63 bits per heavy atom. The first-order chi connectivity index (χ1) is 16.9. The number of nitrogens with one attached hydrogen (secondary N) is 2. The molecule has 2 aliphatic rings. The Labute approximate surface area is 207 Å². The average molecular weight is 501 g/mol. The number of hydrazone groups is 1. The van der Waals surface area contributed by atoms with Gasteiger partial charge in [0.05, 0.1) is 24.2 Å². The summed E-state index contributed by atoms with van der Waals surface area (Å²) < 4.78 is 27.9. The van der Waals surface area contributed by atoms with Crippen LogP contribution in [0.25, 0.3) is 0 Å². The van der Waals surface area contributed by atoms with Gasteiger partial charge in [-0.05, 0) is 42.0 Å². The van der Waals surface area contributed by atoms with Crippen molar-refractivity contribution < 1.29 is 18.4 Å². The van der Waals surface area contributed by atoms with Gasteiger partial charge in [-0.1, -0.05) is 23.4 Å². The number of benzene rings is 2. The monoisotopic (exact) mass is 500 g/mol. The van der Waals surface area contributed by atoms with E-state index in [0.29, 0.717) is 61.2 Å². The van der Waals surface area contributed by atoms with Gasteiger partial charge in [0.25, 0.3) is 0 Å². The number of halogens is 2. The Morgan fingerprint density at radius 2 is 1.94 bits per heavy atom. The topological polar surface area (TPSA) is 81.6 Å². The summed E-state index contributed by atoms with van der Waals surface area (Å²) in [4.78, 5) is 20.4. The molecule has 0 radical (unpaired) electrons. The van der Waals surface area contributed by atoms with Gasteiger partial charge in [0.1, 0.15) is 17.7 Å². The van der Waals surface area contributed by atoms with E-state index in [4.69, 9.17) is 17.1 Å². The maximum atomic E-state index is 15.0. The van der Waals surface area contributed by atoms with E-state index in [-0.39, 0.29) is 23.6 Å². The molecule has 0 aliphatic carbocycles. The Hall–Kier alpha value is -3.60. The van der Waals surface area contributed by atoms with E-state index in [0.717, 1.165) is 5.56 Å². The molecule has 0 bridgehead atoms. The maximum Gasteiger partial charge on any atom is 0.217 e. The molecule has 11 heteroatoms. The largest absolute Gasteiger partial charge is 0.390 e. The van der Waals surface area contributed by atoms with Crippen molar-refractivity contribution in [2.24, 2.45) is 10.3 Å². The molecule has 8 nitrogen and oxygen atoms in total. The van der Waals surface area contributed by atoms with E-state index in [1.165, 1.54) is 25.1 Å².